The van der Waals surface area contributed by atoms with Crippen molar-refractivity contribution in [2.45, 2.75) is 33.1 Å². The third-order valence-electron chi connectivity index (χ3n) is 5.03. The van der Waals surface area contributed by atoms with E-state index in [2.05, 4.69) is 12.0 Å². The van der Waals surface area contributed by atoms with Crippen LogP contribution in [-0.2, 0) is 19.9 Å². The van der Waals surface area contributed by atoms with E-state index >= 15 is 0 Å². The van der Waals surface area contributed by atoms with Crippen molar-refractivity contribution in [2.75, 3.05) is 6.54 Å². The molecule has 0 saturated heterocycles. The molecule has 3 aromatic rings. The Kier molecular flexibility index (Phi) is 6.42. The zero-order valence-corrected chi connectivity index (χ0v) is 17.4. The van der Waals surface area contributed by atoms with Crippen LogP contribution in [-0.4, -0.2) is 22.1 Å². The predicted molar refractivity (Wildman–Crippen MR) is 112 cm³/mol. The molecule has 0 saturated carbocycles. The first-order valence-electron chi connectivity index (χ1n) is 9.52. The van der Waals surface area contributed by atoms with E-state index in [1.807, 2.05) is 30.9 Å². The summed E-state index contributed by atoms with van der Waals surface area (Å²) in [5.74, 6) is -0.108. The van der Waals surface area contributed by atoms with Gasteiger partial charge in [0.1, 0.15) is 5.82 Å². The van der Waals surface area contributed by atoms with Crippen LogP contribution in [0.25, 0.3) is 11.3 Å². The van der Waals surface area contributed by atoms with Gasteiger partial charge in [-0.1, -0.05) is 19.1 Å². The Morgan fingerprint density at radius 3 is 2.61 bits per heavy atom. The summed E-state index contributed by atoms with van der Waals surface area (Å²) >= 11 is 1.56. The van der Waals surface area contributed by atoms with Crippen LogP contribution in [0.4, 0.5) is 4.39 Å². The summed E-state index contributed by atoms with van der Waals surface area (Å²) in [6, 6.07) is 8.40. The molecule has 6 heteroatoms. The van der Waals surface area contributed by atoms with Gasteiger partial charge in [0.15, 0.2) is 5.78 Å². The average molecular weight is 400 g/mol. The summed E-state index contributed by atoms with van der Waals surface area (Å²) in [6.07, 6.45) is 3.78. The van der Waals surface area contributed by atoms with E-state index in [9.17, 15) is 9.18 Å². The van der Waals surface area contributed by atoms with Gasteiger partial charge in [-0.2, -0.15) is 5.10 Å². The van der Waals surface area contributed by atoms with Gasteiger partial charge < -0.3 is 5.73 Å². The quantitative estimate of drug-likeness (QED) is 0.565. The molecule has 3 rings (SSSR count). The van der Waals surface area contributed by atoms with E-state index < -0.39 is 0 Å². The van der Waals surface area contributed by atoms with E-state index in [0.717, 1.165) is 33.7 Å². The molecule has 4 nitrogen and oxygen atoms in total. The molecule has 0 radical (unpaired) electrons. The standard InChI is InChI=1S/C22H26FN3OS/c1-4-20-18(22-14(2)13-25-26(22)3)11-21(28-20)19(27)10-16(12-24)9-15-5-7-17(23)8-6-15/h5-8,11,13,16H,4,9-10,12,24H2,1-3H3/t16-/m1/s1. The molecule has 0 aliphatic carbocycles. The van der Waals surface area contributed by atoms with E-state index in [0.29, 0.717) is 19.4 Å². The van der Waals surface area contributed by atoms with Crippen molar-refractivity contribution in [3.05, 3.63) is 63.2 Å². The van der Waals surface area contributed by atoms with Gasteiger partial charge in [0.2, 0.25) is 0 Å². The number of hydrogen-bond donors (Lipinski definition) is 1. The van der Waals surface area contributed by atoms with Crippen LogP contribution in [0.1, 0.15) is 39.0 Å². The van der Waals surface area contributed by atoms with Crippen LogP contribution in [0.15, 0.2) is 36.5 Å². The molecular formula is C22H26FN3OS. The second kappa shape index (κ2) is 8.80. The number of benzene rings is 1. The van der Waals surface area contributed by atoms with Crippen molar-refractivity contribution < 1.29 is 9.18 Å². The number of hydrogen-bond acceptors (Lipinski definition) is 4. The van der Waals surface area contributed by atoms with Crippen molar-refractivity contribution in [1.82, 2.24) is 9.78 Å². The summed E-state index contributed by atoms with van der Waals surface area (Å²) in [6.45, 7) is 4.56. The Balaban J connectivity index is 1.79. The molecule has 0 unspecified atom stereocenters. The molecular weight excluding hydrogens is 373 g/mol. The highest BCUT2D eigenvalue weighted by Crippen LogP contribution is 2.34. The average Bonchev–Trinajstić information content (AvgIpc) is 3.25. The van der Waals surface area contributed by atoms with Crippen molar-refractivity contribution in [2.24, 2.45) is 18.7 Å². The van der Waals surface area contributed by atoms with Gasteiger partial charge in [-0.05, 0) is 61.6 Å². The Morgan fingerprint density at radius 2 is 2.04 bits per heavy atom. The number of carbonyl (C=O) groups excluding carboxylic acids is 1. The molecule has 148 valence electrons. The van der Waals surface area contributed by atoms with Gasteiger partial charge >= 0.3 is 0 Å². The number of rotatable bonds is 8. The normalized spacial score (nSPS) is 12.3. The molecule has 1 atom stereocenters. The third kappa shape index (κ3) is 4.39. The summed E-state index contributed by atoms with van der Waals surface area (Å²) < 4.78 is 15.0. The molecule has 2 aromatic heterocycles. The smallest absolute Gasteiger partial charge is 0.173 e. The summed E-state index contributed by atoms with van der Waals surface area (Å²) in [5.41, 5.74) is 10.2. The zero-order valence-electron chi connectivity index (χ0n) is 16.5. The predicted octanol–water partition coefficient (Wildman–Crippen LogP) is 4.55. The second-order valence-corrected chi connectivity index (χ2v) is 8.30. The minimum atomic E-state index is -0.257. The molecule has 28 heavy (non-hydrogen) atoms. The first-order valence-corrected chi connectivity index (χ1v) is 10.3. The van der Waals surface area contributed by atoms with E-state index in [4.69, 9.17) is 5.73 Å². The molecule has 0 bridgehead atoms. The first kappa shape index (κ1) is 20.4. The van der Waals surface area contributed by atoms with Crippen LogP contribution in [0.2, 0.25) is 0 Å². The number of Topliss-reactive ketones (excluding diaryl/α,β-unsaturated/α-hetero) is 1. The van der Waals surface area contributed by atoms with Gasteiger partial charge in [-0.3, -0.25) is 9.48 Å². The lowest BCUT2D eigenvalue weighted by atomic mass is 9.93. The maximum Gasteiger partial charge on any atom is 0.173 e. The van der Waals surface area contributed by atoms with Gasteiger partial charge in [0.25, 0.3) is 0 Å². The lowest BCUT2D eigenvalue weighted by Crippen LogP contribution is -2.20. The fourth-order valence-electron chi connectivity index (χ4n) is 3.52. The van der Waals surface area contributed by atoms with Crippen LogP contribution in [0.5, 0.6) is 0 Å². The SMILES string of the molecule is CCc1sc(C(=O)C[C@H](CN)Cc2ccc(F)cc2)cc1-c1c(C)cnn1C. The van der Waals surface area contributed by atoms with Crippen molar-refractivity contribution in [1.29, 1.82) is 0 Å². The molecule has 2 N–H and O–H groups in total. The van der Waals surface area contributed by atoms with Crippen LogP contribution in [0.3, 0.4) is 0 Å². The minimum absolute atomic E-state index is 0.0343. The Bertz CT molecular complexity index is 939. The number of nitrogens with two attached hydrogens (primary N) is 1. The van der Waals surface area contributed by atoms with Crippen molar-refractivity contribution >= 4 is 17.1 Å². The fourth-order valence-corrected chi connectivity index (χ4v) is 4.57. The van der Waals surface area contributed by atoms with Crippen molar-refractivity contribution in [3.8, 4) is 11.3 Å². The van der Waals surface area contributed by atoms with Crippen molar-refractivity contribution in [3.63, 3.8) is 0 Å². The number of thiophene rings is 1. The number of aryl methyl sites for hydroxylation is 3. The van der Waals surface area contributed by atoms with E-state index in [1.54, 1.807) is 23.5 Å². The zero-order chi connectivity index (χ0) is 20.3. The fraction of sp³-hybridized carbons (Fsp3) is 0.364. The highest BCUT2D eigenvalue weighted by molar-refractivity contribution is 7.14. The third-order valence-corrected chi connectivity index (χ3v) is 6.35. The lowest BCUT2D eigenvalue weighted by Gasteiger charge is -2.13. The van der Waals surface area contributed by atoms with E-state index in [1.165, 1.54) is 17.0 Å². The lowest BCUT2D eigenvalue weighted by molar-refractivity contribution is 0.0966. The van der Waals surface area contributed by atoms with Gasteiger partial charge in [0, 0.05) is 23.9 Å². The molecule has 0 aliphatic heterocycles. The largest absolute Gasteiger partial charge is 0.330 e. The molecule has 1 aromatic carbocycles. The van der Waals surface area contributed by atoms with Crippen LogP contribution < -0.4 is 5.73 Å². The maximum atomic E-state index is 13.1. The summed E-state index contributed by atoms with van der Waals surface area (Å²) in [5, 5.41) is 4.33. The number of aromatic nitrogens is 2. The van der Waals surface area contributed by atoms with Gasteiger partial charge in [-0.15, -0.1) is 11.3 Å². The Hall–Kier alpha value is -2.31. The number of carbonyl (C=O) groups is 1. The Morgan fingerprint density at radius 1 is 1.32 bits per heavy atom. The van der Waals surface area contributed by atoms with Crippen LogP contribution >= 0.6 is 11.3 Å². The minimum Gasteiger partial charge on any atom is -0.330 e. The monoisotopic (exact) mass is 399 g/mol. The van der Waals surface area contributed by atoms with E-state index in [-0.39, 0.29) is 17.5 Å². The second-order valence-electron chi connectivity index (χ2n) is 7.16. The summed E-state index contributed by atoms with van der Waals surface area (Å²) in [4.78, 5) is 14.9. The van der Waals surface area contributed by atoms with Gasteiger partial charge in [0.05, 0.1) is 16.8 Å². The van der Waals surface area contributed by atoms with Crippen LogP contribution in [0, 0.1) is 18.7 Å². The summed E-state index contributed by atoms with van der Waals surface area (Å²) in [7, 11) is 1.92. The molecule has 0 spiro atoms. The topological polar surface area (TPSA) is 60.9 Å². The Labute approximate surface area is 169 Å². The number of nitrogens with zero attached hydrogens (tertiary/aromatic N) is 2. The maximum absolute atomic E-state index is 13.1. The molecule has 0 aliphatic rings. The highest BCUT2D eigenvalue weighted by atomic mass is 32.1. The number of halogens is 1. The molecule has 0 fully saturated rings. The highest BCUT2D eigenvalue weighted by Gasteiger charge is 2.21. The van der Waals surface area contributed by atoms with Gasteiger partial charge in [-0.25, -0.2) is 4.39 Å². The number of ketones is 1. The first-order chi connectivity index (χ1) is 13.4. The molecule has 0 amide bonds. The molecule has 2 heterocycles.